The molecule has 2 rings (SSSR count). The van der Waals surface area contributed by atoms with Crippen LogP contribution in [0.2, 0.25) is 0 Å². The normalized spacial score (nSPS) is 9.78. The van der Waals surface area contributed by atoms with Gasteiger partial charge in [0.15, 0.2) is 0 Å². The molecule has 1 amide bonds. The van der Waals surface area contributed by atoms with E-state index < -0.39 is 0 Å². The summed E-state index contributed by atoms with van der Waals surface area (Å²) in [5.74, 6) is -0.190. The summed E-state index contributed by atoms with van der Waals surface area (Å²) in [4.78, 5) is 13.4. The highest BCUT2D eigenvalue weighted by atomic mass is 32.1. The van der Waals surface area contributed by atoms with Gasteiger partial charge < -0.3 is 11.1 Å². The summed E-state index contributed by atoms with van der Waals surface area (Å²) >= 11 is 1.36. The predicted molar refractivity (Wildman–Crippen MR) is 72.6 cm³/mol. The predicted octanol–water partition coefficient (Wildman–Crippen LogP) is 2.76. The molecule has 1 aromatic carbocycles. The highest BCUT2D eigenvalue weighted by Crippen LogP contribution is 2.24. The lowest BCUT2D eigenvalue weighted by atomic mass is 10.2. The Balaban J connectivity index is 2.13. The molecule has 0 unspecified atom stereocenters. The maximum atomic E-state index is 11.9. The molecule has 0 radical (unpaired) electrons. The Morgan fingerprint density at radius 3 is 2.56 bits per heavy atom. The van der Waals surface area contributed by atoms with E-state index in [4.69, 9.17) is 11.0 Å². The number of rotatable bonds is 2. The molecule has 1 heterocycles. The van der Waals surface area contributed by atoms with Crippen LogP contribution in [0, 0.1) is 18.3 Å². The van der Waals surface area contributed by atoms with Crippen molar-refractivity contribution in [2.24, 2.45) is 0 Å². The Kier molecular flexibility index (Phi) is 3.31. The summed E-state index contributed by atoms with van der Waals surface area (Å²) in [6.45, 7) is 1.87. The van der Waals surface area contributed by atoms with Gasteiger partial charge in [0.25, 0.3) is 5.91 Å². The number of carbonyl (C=O) groups is 1. The number of nitrogen functional groups attached to an aromatic ring is 1. The number of nitrogens with two attached hydrogens (primary N) is 1. The van der Waals surface area contributed by atoms with Gasteiger partial charge in [0.2, 0.25) is 0 Å². The topological polar surface area (TPSA) is 78.9 Å². The van der Waals surface area contributed by atoms with Crippen molar-refractivity contribution in [2.75, 3.05) is 11.1 Å². The third kappa shape index (κ3) is 2.50. The van der Waals surface area contributed by atoms with Crippen LogP contribution in [-0.4, -0.2) is 5.91 Å². The molecule has 0 aliphatic rings. The van der Waals surface area contributed by atoms with Gasteiger partial charge in [0.05, 0.1) is 16.5 Å². The van der Waals surface area contributed by atoms with Crippen LogP contribution in [0.15, 0.2) is 30.3 Å². The van der Waals surface area contributed by atoms with Crippen molar-refractivity contribution in [3.8, 4) is 6.07 Å². The van der Waals surface area contributed by atoms with Crippen molar-refractivity contribution in [1.29, 1.82) is 5.26 Å². The van der Waals surface area contributed by atoms with Gasteiger partial charge in [-0.2, -0.15) is 5.26 Å². The number of hydrogen-bond donors (Lipinski definition) is 2. The van der Waals surface area contributed by atoms with Crippen LogP contribution in [0.3, 0.4) is 0 Å². The van der Waals surface area contributed by atoms with Crippen molar-refractivity contribution in [3.63, 3.8) is 0 Å². The number of benzene rings is 1. The molecule has 0 aliphatic carbocycles. The quantitative estimate of drug-likeness (QED) is 0.868. The van der Waals surface area contributed by atoms with Gasteiger partial charge in [-0.25, -0.2) is 0 Å². The summed E-state index contributed by atoms with van der Waals surface area (Å²) in [7, 11) is 0. The van der Waals surface area contributed by atoms with Gasteiger partial charge in [0.1, 0.15) is 0 Å². The SMILES string of the molecule is Cc1sc(C(=O)Nc2ccc(C#N)cc2)cc1N. The monoisotopic (exact) mass is 257 g/mol. The molecule has 4 nitrogen and oxygen atoms in total. The zero-order valence-corrected chi connectivity index (χ0v) is 10.5. The molecule has 0 aliphatic heterocycles. The largest absolute Gasteiger partial charge is 0.398 e. The van der Waals surface area contributed by atoms with E-state index in [9.17, 15) is 4.79 Å². The second kappa shape index (κ2) is 4.90. The van der Waals surface area contributed by atoms with Crippen LogP contribution in [0.1, 0.15) is 20.1 Å². The minimum Gasteiger partial charge on any atom is -0.398 e. The Morgan fingerprint density at radius 1 is 1.39 bits per heavy atom. The van der Waals surface area contributed by atoms with E-state index in [0.717, 1.165) is 4.88 Å². The number of carbonyl (C=O) groups excluding carboxylic acids is 1. The van der Waals surface area contributed by atoms with E-state index in [-0.39, 0.29) is 5.91 Å². The van der Waals surface area contributed by atoms with Gasteiger partial charge >= 0.3 is 0 Å². The minimum absolute atomic E-state index is 0.190. The van der Waals surface area contributed by atoms with Gasteiger partial charge in [-0.05, 0) is 37.3 Å². The second-order valence-corrected chi connectivity index (χ2v) is 5.02. The Bertz CT molecular complexity index is 603. The number of aryl methyl sites for hydroxylation is 1. The van der Waals surface area contributed by atoms with Gasteiger partial charge in [0, 0.05) is 16.3 Å². The summed E-state index contributed by atoms with van der Waals surface area (Å²) in [6.07, 6.45) is 0. The van der Waals surface area contributed by atoms with E-state index in [1.807, 2.05) is 13.0 Å². The molecular weight excluding hydrogens is 246 g/mol. The van der Waals surface area contributed by atoms with Crippen LogP contribution in [0.25, 0.3) is 0 Å². The number of nitrogens with one attached hydrogen (secondary N) is 1. The van der Waals surface area contributed by atoms with Crippen LogP contribution < -0.4 is 11.1 Å². The molecule has 5 heteroatoms. The number of thiophene rings is 1. The molecule has 1 aromatic heterocycles. The van der Waals surface area contributed by atoms with Gasteiger partial charge in [-0.15, -0.1) is 11.3 Å². The number of anilines is 2. The summed E-state index contributed by atoms with van der Waals surface area (Å²) in [5.41, 5.74) is 7.55. The maximum absolute atomic E-state index is 11.9. The molecule has 0 fully saturated rings. The van der Waals surface area contributed by atoms with Crippen LogP contribution in [0.4, 0.5) is 11.4 Å². The average Bonchev–Trinajstić information content (AvgIpc) is 2.71. The standard InChI is InChI=1S/C13H11N3OS/c1-8-11(15)6-12(18-8)13(17)16-10-4-2-9(7-14)3-5-10/h2-6H,15H2,1H3,(H,16,17). The number of nitrogens with zero attached hydrogens (tertiary/aromatic N) is 1. The zero-order chi connectivity index (χ0) is 13.1. The third-order valence-electron chi connectivity index (χ3n) is 2.45. The summed E-state index contributed by atoms with van der Waals surface area (Å²) in [5, 5.41) is 11.4. The lowest BCUT2D eigenvalue weighted by Gasteiger charge is -2.02. The smallest absolute Gasteiger partial charge is 0.265 e. The van der Waals surface area contributed by atoms with E-state index in [1.165, 1.54) is 11.3 Å². The molecule has 18 heavy (non-hydrogen) atoms. The summed E-state index contributed by atoms with van der Waals surface area (Å²) in [6, 6.07) is 10.4. The van der Waals surface area contributed by atoms with Crippen molar-refractivity contribution >= 4 is 28.6 Å². The average molecular weight is 257 g/mol. The Labute approximate surface area is 109 Å². The lowest BCUT2D eigenvalue weighted by molar-refractivity contribution is 0.103. The minimum atomic E-state index is -0.190. The fourth-order valence-corrected chi connectivity index (χ4v) is 2.27. The van der Waals surface area contributed by atoms with Gasteiger partial charge in [-0.1, -0.05) is 0 Å². The Hall–Kier alpha value is -2.32. The first kappa shape index (κ1) is 12.1. The summed E-state index contributed by atoms with van der Waals surface area (Å²) < 4.78 is 0. The van der Waals surface area contributed by atoms with E-state index in [0.29, 0.717) is 21.8 Å². The van der Waals surface area contributed by atoms with Crippen LogP contribution >= 0.6 is 11.3 Å². The van der Waals surface area contributed by atoms with Crippen molar-refractivity contribution < 1.29 is 4.79 Å². The maximum Gasteiger partial charge on any atom is 0.265 e. The fraction of sp³-hybridized carbons (Fsp3) is 0.0769. The van der Waals surface area contributed by atoms with Gasteiger partial charge in [-0.3, -0.25) is 4.79 Å². The van der Waals surface area contributed by atoms with E-state index in [1.54, 1.807) is 30.3 Å². The van der Waals surface area contributed by atoms with E-state index >= 15 is 0 Å². The highest BCUT2D eigenvalue weighted by Gasteiger charge is 2.10. The number of hydrogen-bond acceptors (Lipinski definition) is 4. The highest BCUT2D eigenvalue weighted by molar-refractivity contribution is 7.14. The third-order valence-corrected chi connectivity index (χ3v) is 3.52. The van der Waals surface area contributed by atoms with Crippen molar-refractivity contribution in [3.05, 3.63) is 45.6 Å². The molecular formula is C13H11N3OS. The van der Waals surface area contributed by atoms with Crippen LogP contribution in [0.5, 0.6) is 0 Å². The Morgan fingerprint density at radius 2 is 2.06 bits per heavy atom. The number of nitriles is 1. The second-order valence-electron chi connectivity index (χ2n) is 3.77. The molecule has 0 atom stereocenters. The van der Waals surface area contributed by atoms with E-state index in [2.05, 4.69) is 5.32 Å². The zero-order valence-electron chi connectivity index (χ0n) is 9.73. The first-order chi connectivity index (χ1) is 8.60. The molecule has 0 bridgehead atoms. The molecule has 0 saturated carbocycles. The molecule has 0 spiro atoms. The van der Waals surface area contributed by atoms with Crippen LogP contribution in [-0.2, 0) is 0 Å². The molecule has 90 valence electrons. The molecule has 2 aromatic rings. The molecule has 3 N–H and O–H groups in total. The fourth-order valence-electron chi connectivity index (χ4n) is 1.43. The lowest BCUT2D eigenvalue weighted by Crippen LogP contribution is -2.09. The van der Waals surface area contributed by atoms with Crippen molar-refractivity contribution in [2.45, 2.75) is 6.92 Å². The van der Waals surface area contributed by atoms with Crippen molar-refractivity contribution in [1.82, 2.24) is 0 Å². The first-order valence-electron chi connectivity index (χ1n) is 5.27. The molecule has 0 saturated heterocycles. The number of amides is 1. The first-order valence-corrected chi connectivity index (χ1v) is 6.09.